The van der Waals surface area contributed by atoms with E-state index in [-0.39, 0.29) is 10.3 Å². The van der Waals surface area contributed by atoms with Gasteiger partial charge in [-0.05, 0) is 58.4 Å². The van der Waals surface area contributed by atoms with E-state index in [1.165, 1.54) is 32.4 Å². The molecule has 0 unspecified atom stereocenters. The number of piperidine rings is 1. The Hall–Kier alpha value is -0.460. The van der Waals surface area contributed by atoms with Gasteiger partial charge in [-0.3, -0.25) is 9.89 Å². The first-order valence-electron chi connectivity index (χ1n) is 9.93. The van der Waals surface area contributed by atoms with Gasteiger partial charge in [0.1, 0.15) is 0 Å². The van der Waals surface area contributed by atoms with Gasteiger partial charge in [-0.25, -0.2) is 0 Å². The lowest BCUT2D eigenvalue weighted by Crippen LogP contribution is -2.56. The Morgan fingerprint density at radius 2 is 1.84 bits per heavy atom. The Balaban J connectivity index is 1.83. The van der Waals surface area contributed by atoms with Crippen LogP contribution in [-0.2, 0) is 4.74 Å². The van der Waals surface area contributed by atoms with Crippen LogP contribution in [0.3, 0.4) is 0 Å². The van der Waals surface area contributed by atoms with Gasteiger partial charge in [0.2, 0.25) is 0 Å². The minimum absolute atomic E-state index is 0.159. The molecular weight excluding hydrogens is 332 g/mol. The smallest absolute Gasteiger partial charge is 0.191 e. The second-order valence-corrected chi connectivity index (χ2v) is 9.60. The Morgan fingerprint density at radius 1 is 1.16 bits per heavy atom. The van der Waals surface area contributed by atoms with Crippen molar-refractivity contribution in [1.82, 2.24) is 15.5 Å². The second-order valence-electron chi connectivity index (χ2n) is 7.87. The van der Waals surface area contributed by atoms with Crippen LogP contribution in [0.15, 0.2) is 4.99 Å². The van der Waals surface area contributed by atoms with E-state index in [9.17, 15) is 0 Å². The highest BCUT2D eigenvalue weighted by Crippen LogP contribution is 2.34. The quantitative estimate of drug-likeness (QED) is 0.533. The van der Waals surface area contributed by atoms with Crippen molar-refractivity contribution in [3.05, 3.63) is 0 Å². The summed E-state index contributed by atoms with van der Waals surface area (Å²) < 4.78 is 5.86. The van der Waals surface area contributed by atoms with Crippen molar-refractivity contribution < 1.29 is 4.74 Å². The number of guanidine groups is 1. The summed E-state index contributed by atoms with van der Waals surface area (Å²) in [5, 5.41) is 7.15. The molecule has 25 heavy (non-hydrogen) atoms. The van der Waals surface area contributed by atoms with Crippen LogP contribution in [-0.4, -0.2) is 73.3 Å². The molecule has 146 valence electrons. The number of aliphatic imine (C=N–C) groups is 1. The second kappa shape index (κ2) is 10.0. The van der Waals surface area contributed by atoms with E-state index in [2.05, 4.69) is 53.1 Å². The van der Waals surface area contributed by atoms with Crippen LogP contribution in [0, 0.1) is 0 Å². The highest BCUT2D eigenvalue weighted by molar-refractivity contribution is 8.00. The number of thioether (sulfide) groups is 1. The van der Waals surface area contributed by atoms with Gasteiger partial charge in [-0.2, -0.15) is 11.8 Å². The third-order valence-corrected chi connectivity index (χ3v) is 7.01. The average molecular weight is 371 g/mol. The molecule has 6 heteroatoms. The van der Waals surface area contributed by atoms with Crippen molar-refractivity contribution >= 4 is 17.7 Å². The van der Waals surface area contributed by atoms with Gasteiger partial charge in [0.05, 0.1) is 0 Å². The summed E-state index contributed by atoms with van der Waals surface area (Å²) in [6, 6.07) is 0. The van der Waals surface area contributed by atoms with Crippen LogP contribution in [0.4, 0.5) is 0 Å². The van der Waals surface area contributed by atoms with Crippen LogP contribution < -0.4 is 10.6 Å². The molecule has 2 rings (SSSR count). The molecule has 2 aliphatic rings. The molecule has 0 spiro atoms. The molecule has 0 saturated carbocycles. The first-order valence-corrected chi connectivity index (χ1v) is 10.9. The van der Waals surface area contributed by atoms with Crippen molar-refractivity contribution in [2.45, 2.75) is 63.2 Å². The summed E-state index contributed by atoms with van der Waals surface area (Å²) in [6.07, 6.45) is 6.28. The van der Waals surface area contributed by atoms with Crippen LogP contribution in [0.1, 0.15) is 52.9 Å². The van der Waals surface area contributed by atoms with Crippen LogP contribution in [0.5, 0.6) is 0 Å². The predicted molar refractivity (Wildman–Crippen MR) is 110 cm³/mol. The predicted octanol–water partition coefficient (Wildman–Crippen LogP) is 2.72. The highest BCUT2D eigenvalue weighted by atomic mass is 32.2. The van der Waals surface area contributed by atoms with Crippen molar-refractivity contribution in [1.29, 1.82) is 0 Å². The fourth-order valence-corrected chi connectivity index (χ4v) is 5.04. The maximum absolute atomic E-state index is 5.57. The SMILES string of the molecule is CCSC1(CNC(=NC)NCC(C)(C)N2CCCCC2)CCOCC1. The van der Waals surface area contributed by atoms with E-state index in [0.29, 0.717) is 0 Å². The van der Waals surface area contributed by atoms with Crippen LogP contribution in [0.2, 0.25) is 0 Å². The fourth-order valence-electron chi connectivity index (χ4n) is 3.80. The van der Waals surface area contributed by atoms with E-state index in [1.54, 1.807) is 0 Å². The van der Waals surface area contributed by atoms with E-state index in [1.807, 2.05) is 7.05 Å². The van der Waals surface area contributed by atoms with Crippen LogP contribution >= 0.6 is 11.8 Å². The average Bonchev–Trinajstić information content (AvgIpc) is 2.63. The Labute approximate surface area is 158 Å². The molecule has 0 atom stereocenters. The maximum Gasteiger partial charge on any atom is 0.191 e. The normalized spacial score (nSPS) is 22.6. The minimum atomic E-state index is 0.159. The number of rotatable bonds is 7. The van der Waals surface area contributed by atoms with Gasteiger partial charge >= 0.3 is 0 Å². The first kappa shape index (κ1) is 20.8. The van der Waals surface area contributed by atoms with E-state index in [0.717, 1.165) is 50.9 Å². The lowest BCUT2D eigenvalue weighted by molar-refractivity contribution is 0.0781. The molecule has 0 aromatic rings. The van der Waals surface area contributed by atoms with E-state index >= 15 is 0 Å². The molecule has 2 heterocycles. The van der Waals surface area contributed by atoms with E-state index in [4.69, 9.17) is 4.74 Å². The zero-order valence-electron chi connectivity index (χ0n) is 16.7. The largest absolute Gasteiger partial charge is 0.381 e. The summed E-state index contributed by atoms with van der Waals surface area (Å²) in [4.78, 5) is 7.06. The summed E-state index contributed by atoms with van der Waals surface area (Å²) in [5.41, 5.74) is 0.159. The molecule has 0 aromatic carbocycles. The van der Waals surface area contributed by atoms with E-state index < -0.39 is 0 Å². The lowest BCUT2D eigenvalue weighted by atomic mass is 9.98. The van der Waals surface area contributed by atoms with Gasteiger partial charge in [-0.15, -0.1) is 0 Å². The molecule has 0 aromatic heterocycles. The van der Waals surface area contributed by atoms with Gasteiger partial charge in [0.25, 0.3) is 0 Å². The van der Waals surface area contributed by atoms with Crippen molar-refractivity contribution in [3.63, 3.8) is 0 Å². The zero-order chi connectivity index (χ0) is 18.2. The Morgan fingerprint density at radius 3 is 2.44 bits per heavy atom. The molecule has 5 nitrogen and oxygen atoms in total. The number of nitrogens with one attached hydrogen (secondary N) is 2. The third kappa shape index (κ3) is 6.33. The number of nitrogens with zero attached hydrogens (tertiary/aromatic N) is 2. The molecule has 0 radical (unpaired) electrons. The highest BCUT2D eigenvalue weighted by Gasteiger charge is 2.33. The van der Waals surface area contributed by atoms with Gasteiger partial charge < -0.3 is 15.4 Å². The molecular formula is C19H38N4OS. The number of likely N-dealkylation sites (tertiary alicyclic amines) is 1. The Bertz CT molecular complexity index is 410. The standard InChI is InChI=1S/C19H38N4OS/c1-5-25-19(9-13-24-14-10-19)16-22-17(20-4)21-15-18(2,3)23-11-7-6-8-12-23/h5-16H2,1-4H3,(H2,20,21,22). The maximum atomic E-state index is 5.57. The van der Waals surface area contributed by atoms with Gasteiger partial charge in [0, 0.05) is 43.6 Å². The van der Waals surface area contributed by atoms with Gasteiger partial charge in [-0.1, -0.05) is 13.3 Å². The molecule has 0 aliphatic carbocycles. The molecule has 2 fully saturated rings. The zero-order valence-corrected chi connectivity index (χ0v) is 17.5. The summed E-state index contributed by atoms with van der Waals surface area (Å²) >= 11 is 2.07. The number of hydrogen-bond acceptors (Lipinski definition) is 4. The summed E-state index contributed by atoms with van der Waals surface area (Å²) in [6.45, 7) is 13.0. The Kier molecular flexibility index (Phi) is 8.36. The monoisotopic (exact) mass is 370 g/mol. The minimum Gasteiger partial charge on any atom is -0.381 e. The summed E-state index contributed by atoms with van der Waals surface area (Å²) in [5.74, 6) is 2.07. The molecule has 2 saturated heterocycles. The number of hydrogen-bond donors (Lipinski definition) is 2. The lowest BCUT2D eigenvalue weighted by Gasteiger charge is -2.41. The van der Waals surface area contributed by atoms with Crippen LogP contribution in [0.25, 0.3) is 0 Å². The molecule has 0 amide bonds. The molecule has 0 bridgehead atoms. The van der Waals surface area contributed by atoms with Gasteiger partial charge in [0.15, 0.2) is 5.96 Å². The summed E-state index contributed by atoms with van der Waals surface area (Å²) in [7, 11) is 1.87. The molecule has 2 aliphatic heterocycles. The number of ether oxygens (including phenoxy) is 1. The fraction of sp³-hybridized carbons (Fsp3) is 0.947. The van der Waals surface area contributed by atoms with Crippen molar-refractivity contribution in [2.75, 3.05) is 52.2 Å². The molecule has 2 N–H and O–H groups in total. The topological polar surface area (TPSA) is 48.9 Å². The third-order valence-electron chi connectivity index (χ3n) is 5.56. The first-order chi connectivity index (χ1) is 12.0. The van der Waals surface area contributed by atoms with Crippen molar-refractivity contribution in [3.8, 4) is 0 Å². The van der Waals surface area contributed by atoms with Crippen molar-refractivity contribution in [2.24, 2.45) is 4.99 Å².